The van der Waals surface area contributed by atoms with Crippen LogP contribution in [-0.2, 0) is 0 Å². The molecule has 1 amide bonds. The molecule has 0 saturated carbocycles. The van der Waals surface area contributed by atoms with Crippen LogP contribution < -0.4 is 20.3 Å². The first-order valence-corrected chi connectivity index (χ1v) is 13.0. The fraction of sp³-hybridized carbons (Fsp3) is 0.269. The number of ether oxygens (including phenoxy) is 1. The van der Waals surface area contributed by atoms with Crippen molar-refractivity contribution in [2.45, 2.75) is 32.9 Å². The molecule has 1 aliphatic rings. The first kappa shape index (κ1) is 23.3. The molecule has 1 saturated heterocycles. The number of pyridine rings is 2. The Morgan fingerprint density at radius 2 is 1.92 bits per heavy atom. The number of carbonyl (C=O) groups is 1. The van der Waals surface area contributed by atoms with E-state index in [4.69, 9.17) is 4.74 Å². The third-order valence-corrected chi connectivity index (χ3v) is 6.86. The molecule has 0 unspecified atom stereocenters. The van der Waals surface area contributed by atoms with E-state index in [1.165, 1.54) is 0 Å². The summed E-state index contributed by atoms with van der Waals surface area (Å²) in [5.41, 5.74) is 3.55. The van der Waals surface area contributed by atoms with Gasteiger partial charge in [0.05, 0.1) is 16.9 Å². The van der Waals surface area contributed by atoms with Crippen molar-refractivity contribution in [1.29, 1.82) is 0 Å². The lowest BCUT2D eigenvalue weighted by Gasteiger charge is -2.37. The van der Waals surface area contributed by atoms with Crippen molar-refractivity contribution in [3.63, 3.8) is 0 Å². The van der Waals surface area contributed by atoms with E-state index in [0.29, 0.717) is 51.5 Å². The number of fused-ring (bicyclic) bond motifs is 2. The van der Waals surface area contributed by atoms with Crippen LogP contribution in [0.3, 0.4) is 0 Å². The van der Waals surface area contributed by atoms with Crippen molar-refractivity contribution >= 4 is 45.4 Å². The second kappa shape index (κ2) is 9.41. The lowest BCUT2D eigenvalue weighted by molar-refractivity contribution is 0.102. The Labute approximate surface area is 217 Å². The van der Waals surface area contributed by atoms with Gasteiger partial charge in [0.25, 0.3) is 5.91 Å². The topological polar surface area (TPSA) is 110 Å². The number of rotatable bonds is 5. The van der Waals surface area contributed by atoms with Crippen LogP contribution in [0.2, 0.25) is 0 Å². The van der Waals surface area contributed by atoms with Crippen LogP contribution in [-0.4, -0.2) is 55.4 Å². The summed E-state index contributed by atoms with van der Waals surface area (Å²) in [6, 6.07) is 4.29. The molecule has 2 N–H and O–H groups in total. The number of imidazole rings is 1. The average Bonchev–Trinajstić information content (AvgIpc) is 3.51. The predicted molar refractivity (Wildman–Crippen MR) is 144 cm³/mol. The fourth-order valence-electron chi connectivity index (χ4n) is 4.81. The number of thiophene rings is 1. The molecule has 37 heavy (non-hydrogen) atoms. The summed E-state index contributed by atoms with van der Waals surface area (Å²) >= 11 is 1.55. The molecular weight excluding hydrogens is 488 g/mol. The molecule has 1 fully saturated rings. The maximum atomic E-state index is 13.5. The highest BCUT2D eigenvalue weighted by Gasteiger charge is 2.26. The Kier molecular flexibility index (Phi) is 5.93. The van der Waals surface area contributed by atoms with Crippen LogP contribution in [0.25, 0.3) is 16.7 Å². The van der Waals surface area contributed by atoms with Crippen LogP contribution in [0, 0.1) is 6.92 Å². The molecule has 1 aliphatic heterocycles. The van der Waals surface area contributed by atoms with Crippen molar-refractivity contribution in [1.82, 2.24) is 29.7 Å². The third kappa shape index (κ3) is 4.58. The van der Waals surface area contributed by atoms with Crippen LogP contribution in [0.1, 0.15) is 29.9 Å². The molecular formula is C26H26N8O2S. The highest BCUT2D eigenvalue weighted by molar-refractivity contribution is 7.08. The number of aryl methyl sites for hydroxylation is 1. The molecule has 5 aromatic heterocycles. The number of nitrogens with zero attached hydrogens (tertiary/aromatic N) is 6. The first-order valence-electron chi connectivity index (χ1n) is 12.1. The molecule has 6 heterocycles. The monoisotopic (exact) mass is 514 g/mol. The Balaban J connectivity index is 1.34. The van der Waals surface area contributed by atoms with E-state index in [1.54, 1.807) is 36.0 Å². The average molecular weight is 515 g/mol. The Morgan fingerprint density at radius 1 is 1.14 bits per heavy atom. The van der Waals surface area contributed by atoms with Gasteiger partial charge in [-0.15, -0.1) is 11.3 Å². The van der Waals surface area contributed by atoms with Crippen LogP contribution in [0.5, 0.6) is 11.5 Å². The highest BCUT2D eigenvalue weighted by Crippen LogP contribution is 2.31. The summed E-state index contributed by atoms with van der Waals surface area (Å²) in [5, 5.41) is 10.4. The van der Waals surface area contributed by atoms with Crippen molar-refractivity contribution < 1.29 is 9.53 Å². The SMILES string of the molecule is Cc1cn2cc(NC(=O)c3cnc(N4C[C@H](C)N[C@@H](C)C4)c4nccnc34)cc(Oc3ccsc3)c2n1. The molecule has 10 nitrogen and oxygen atoms in total. The minimum atomic E-state index is -0.329. The van der Waals surface area contributed by atoms with Gasteiger partial charge in [0, 0.05) is 67.6 Å². The van der Waals surface area contributed by atoms with Crippen LogP contribution >= 0.6 is 11.3 Å². The van der Waals surface area contributed by atoms with Gasteiger partial charge in [-0.1, -0.05) is 0 Å². The number of aromatic nitrogens is 5. The maximum absolute atomic E-state index is 13.5. The van der Waals surface area contributed by atoms with Gasteiger partial charge in [-0.25, -0.2) is 15.0 Å². The van der Waals surface area contributed by atoms with Gasteiger partial charge in [-0.3, -0.25) is 9.78 Å². The molecule has 0 aromatic carbocycles. The first-order chi connectivity index (χ1) is 17.9. The molecule has 6 rings (SSSR count). The Morgan fingerprint density at radius 3 is 2.68 bits per heavy atom. The standard InChI is InChI=1S/C26H26N8O2S/c1-15-10-33(11-16(2)30-15)25-23-22(27-5-6-28-23)20(9-29-25)26(35)32-18-8-21(36-19-4-7-37-14-19)24-31-17(3)12-34(24)13-18/h4-9,12-16,30H,10-11H2,1-3H3,(H,32,35)/t15-,16-/m0/s1. The molecule has 0 spiro atoms. The number of hydrogen-bond acceptors (Lipinski definition) is 9. The Bertz CT molecular complexity index is 1590. The number of piperazine rings is 1. The van der Waals surface area contributed by atoms with Gasteiger partial charge in [-0.05, 0) is 32.2 Å². The highest BCUT2D eigenvalue weighted by atomic mass is 32.1. The molecule has 0 aliphatic carbocycles. The summed E-state index contributed by atoms with van der Waals surface area (Å²) in [4.78, 5) is 34.0. The summed E-state index contributed by atoms with van der Waals surface area (Å²) in [7, 11) is 0. The quantitative estimate of drug-likeness (QED) is 0.358. The lowest BCUT2D eigenvalue weighted by Crippen LogP contribution is -2.54. The van der Waals surface area contributed by atoms with Gasteiger partial charge < -0.3 is 24.7 Å². The van der Waals surface area contributed by atoms with Gasteiger partial charge >= 0.3 is 0 Å². The Hall–Kier alpha value is -4.09. The van der Waals surface area contributed by atoms with Crippen molar-refractivity contribution in [2.75, 3.05) is 23.3 Å². The van der Waals surface area contributed by atoms with Crippen LogP contribution in [0.4, 0.5) is 11.5 Å². The smallest absolute Gasteiger partial charge is 0.259 e. The van der Waals surface area contributed by atoms with Crippen molar-refractivity contribution in [2.24, 2.45) is 0 Å². The number of carbonyl (C=O) groups excluding carboxylic acids is 1. The van der Waals surface area contributed by atoms with Crippen molar-refractivity contribution in [3.8, 4) is 11.5 Å². The van der Waals surface area contributed by atoms with E-state index in [1.807, 2.05) is 40.5 Å². The number of anilines is 2. The zero-order valence-corrected chi connectivity index (χ0v) is 21.5. The molecule has 5 aromatic rings. The van der Waals surface area contributed by atoms with Gasteiger partial charge in [0.2, 0.25) is 0 Å². The van der Waals surface area contributed by atoms with E-state index >= 15 is 0 Å². The number of hydrogen-bond donors (Lipinski definition) is 2. The predicted octanol–water partition coefficient (Wildman–Crippen LogP) is 4.27. The minimum Gasteiger partial charge on any atom is -0.452 e. The summed E-state index contributed by atoms with van der Waals surface area (Å²) < 4.78 is 7.92. The van der Waals surface area contributed by atoms with Crippen LogP contribution in [0.15, 0.2) is 53.9 Å². The van der Waals surface area contributed by atoms with E-state index in [-0.39, 0.29) is 5.91 Å². The second-order valence-electron chi connectivity index (χ2n) is 9.34. The van der Waals surface area contributed by atoms with E-state index in [2.05, 4.69) is 49.3 Å². The zero-order valence-electron chi connectivity index (χ0n) is 20.7. The molecule has 2 atom stereocenters. The lowest BCUT2D eigenvalue weighted by atomic mass is 10.1. The third-order valence-electron chi connectivity index (χ3n) is 6.20. The van der Waals surface area contributed by atoms with Gasteiger partial charge in [0.1, 0.15) is 16.8 Å². The largest absolute Gasteiger partial charge is 0.452 e. The second-order valence-corrected chi connectivity index (χ2v) is 10.1. The van der Waals surface area contributed by atoms with E-state index in [0.717, 1.165) is 24.6 Å². The summed E-state index contributed by atoms with van der Waals surface area (Å²) in [6.45, 7) is 7.80. The fourth-order valence-corrected chi connectivity index (χ4v) is 5.36. The number of nitrogens with one attached hydrogen (secondary N) is 2. The number of amides is 1. The van der Waals surface area contributed by atoms with Crippen molar-refractivity contribution in [3.05, 3.63) is 65.1 Å². The zero-order chi connectivity index (χ0) is 25.5. The molecule has 188 valence electrons. The summed E-state index contributed by atoms with van der Waals surface area (Å²) in [5.74, 6) is 1.67. The molecule has 0 radical (unpaired) electrons. The molecule has 11 heteroatoms. The van der Waals surface area contributed by atoms with E-state index in [9.17, 15) is 4.79 Å². The van der Waals surface area contributed by atoms with E-state index < -0.39 is 0 Å². The minimum absolute atomic E-state index is 0.312. The maximum Gasteiger partial charge on any atom is 0.259 e. The normalized spacial score (nSPS) is 17.9. The molecule has 0 bridgehead atoms. The van der Waals surface area contributed by atoms with Gasteiger partial charge in [-0.2, -0.15) is 0 Å². The summed E-state index contributed by atoms with van der Waals surface area (Å²) in [6.07, 6.45) is 8.51. The van der Waals surface area contributed by atoms with Gasteiger partial charge in [0.15, 0.2) is 17.2 Å².